The van der Waals surface area contributed by atoms with Crippen LogP contribution in [0.2, 0.25) is 0 Å². The molecule has 0 aliphatic carbocycles. The SMILES string of the molecule is Cc1ccc(CN(C)CC(=O)N(C)[C@H](C)c2nc3ccccc3s2)cc1. The number of aromatic nitrogens is 1. The zero-order chi connectivity index (χ0) is 18.7. The minimum atomic E-state index is -0.0346. The Hall–Kier alpha value is -2.24. The number of hydrogen-bond donors (Lipinski definition) is 0. The van der Waals surface area contributed by atoms with Crippen molar-refractivity contribution in [2.45, 2.75) is 26.4 Å². The lowest BCUT2D eigenvalue weighted by Crippen LogP contribution is -2.37. The van der Waals surface area contributed by atoms with E-state index in [1.54, 1.807) is 16.2 Å². The highest BCUT2D eigenvalue weighted by molar-refractivity contribution is 7.18. The molecule has 3 rings (SSSR count). The summed E-state index contributed by atoms with van der Waals surface area (Å²) < 4.78 is 1.16. The molecule has 0 bridgehead atoms. The molecule has 2 aromatic carbocycles. The first kappa shape index (κ1) is 18.5. The molecule has 0 spiro atoms. The van der Waals surface area contributed by atoms with Crippen LogP contribution in [0.1, 0.15) is 29.1 Å². The van der Waals surface area contributed by atoms with Crippen LogP contribution in [0.4, 0.5) is 0 Å². The Bertz CT molecular complexity index is 855. The predicted octanol–water partition coefficient (Wildman–Crippen LogP) is 4.26. The van der Waals surface area contributed by atoms with Gasteiger partial charge in [0.15, 0.2) is 0 Å². The number of aryl methyl sites for hydroxylation is 1. The quantitative estimate of drug-likeness (QED) is 0.653. The number of para-hydroxylation sites is 1. The molecule has 1 atom stereocenters. The highest BCUT2D eigenvalue weighted by Crippen LogP contribution is 2.28. The first-order valence-electron chi connectivity index (χ1n) is 8.79. The number of carbonyl (C=O) groups excluding carboxylic acids is 1. The zero-order valence-corrected chi connectivity index (χ0v) is 16.6. The lowest BCUT2D eigenvalue weighted by atomic mass is 10.1. The number of carbonyl (C=O) groups is 1. The average molecular weight is 368 g/mol. The van der Waals surface area contributed by atoms with Crippen LogP contribution in [-0.4, -0.2) is 41.3 Å². The van der Waals surface area contributed by atoms with Crippen molar-refractivity contribution >= 4 is 27.5 Å². The lowest BCUT2D eigenvalue weighted by molar-refractivity contribution is -0.132. The van der Waals surface area contributed by atoms with Gasteiger partial charge in [0.05, 0.1) is 22.8 Å². The molecule has 0 radical (unpaired) electrons. The fraction of sp³-hybridized carbons (Fsp3) is 0.333. The van der Waals surface area contributed by atoms with Gasteiger partial charge in [-0.3, -0.25) is 9.69 Å². The Morgan fingerprint density at radius 2 is 1.81 bits per heavy atom. The summed E-state index contributed by atoms with van der Waals surface area (Å²) in [5.41, 5.74) is 3.46. The maximum Gasteiger partial charge on any atom is 0.237 e. The molecule has 1 aromatic heterocycles. The number of rotatable bonds is 6. The van der Waals surface area contributed by atoms with Crippen LogP contribution in [0, 0.1) is 6.92 Å². The Labute approximate surface area is 159 Å². The molecule has 136 valence electrons. The van der Waals surface area contributed by atoms with Gasteiger partial charge in [0.1, 0.15) is 5.01 Å². The van der Waals surface area contributed by atoms with Gasteiger partial charge in [-0.1, -0.05) is 42.0 Å². The maximum atomic E-state index is 12.7. The van der Waals surface area contributed by atoms with E-state index in [0.717, 1.165) is 21.8 Å². The largest absolute Gasteiger partial charge is 0.335 e. The van der Waals surface area contributed by atoms with Crippen LogP contribution in [0.15, 0.2) is 48.5 Å². The van der Waals surface area contributed by atoms with Gasteiger partial charge < -0.3 is 4.90 Å². The first-order chi connectivity index (χ1) is 12.4. The molecule has 1 heterocycles. The number of benzene rings is 2. The third kappa shape index (κ3) is 4.29. The van der Waals surface area contributed by atoms with Crippen LogP contribution < -0.4 is 0 Å². The summed E-state index contributed by atoms with van der Waals surface area (Å²) in [6.07, 6.45) is 0. The number of hydrogen-bond acceptors (Lipinski definition) is 4. The van der Waals surface area contributed by atoms with Crippen LogP contribution in [0.25, 0.3) is 10.2 Å². The van der Waals surface area contributed by atoms with Crippen molar-refractivity contribution in [1.82, 2.24) is 14.8 Å². The Morgan fingerprint density at radius 1 is 1.12 bits per heavy atom. The smallest absolute Gasteiger partial charge is 0.237 e. The van der Waals surface area contributed by atoms with E-state index < -0.39 is 0 Å². The second kappa shape index (κ2) is 7.98. The van der Waals surface area contributed by atoms with E-state index in [2.05, 4.69) is 47.1 Å². The van der Waals surface area contributed by atoms with Crippen LogP contribution in [0.5, 0.6) is 0 Å². The normalized spacial score (nSPS) is 12.5. The Kier molecular flexibility index (Phi) is 5.69. The monoisotopic (exact) mass is 367 g/mol. The van der Waals surface area contributed by atoms with Crippen molar-refractivity contribution in [3.05, 3.63) is 64.7 Å². The zero-order valence-electron chi connectivity index (χ0n) is 15.8. The molecule has 1 amide bonds. The van der Waals surface area contributed by atoms with Crippen molar-refractivity contribution in [3.8, 4) is 0 Å². The van der Waals surface area contributed by atoms with Gasteiger partial charge in [-0.15, -0.1) is 11.3 Å². The highest BCUT2D eigenvalue weighted by Gasteiger charge is 2.21. The summed E-state index contributed by atoms with van der Waals surface area (Å²) in [7, 11) is 3.84. The third-order valence-electron chi connectivity index (χ3n) is 4.62. The van der Waals surface area contributed by atoms with Gasteiger partial charge in [-0.05, 0) is 38.6 Å². The van der Waals surface area contributed by atoms with Crippen molar-refractivity contribution in [1.29, 1.82) is 0 Å². The first-order valence-corrected chi connectivity index (χ1v) is 9.61. The second-order valence-electron chi connectivity index (χ2n) is 6.86. The molecule has 0 saturated carbocycles. The van der Waals surface area contributed by atoms with Crippen LogP contribution in [0.3, 0.4) is 0 Å². The molecule has 0 saturated heterocycles. The van der Waals surface area contributed by atoms with Crippen molar-refractivity contribution in [2.75, 3.05) is 20.6 Å². The van der Waals surface area contributed by atoms with E-state index in [4.69, 9.17) is 0 Å². The number of fused-ring (bicyclic) bond motifs is 1. The molecule has 0 unspecified atom stereocenters. The van der Waals surface area contributed by atoms with Crippen molar-refractivity contribution < 1.29 is 4.79 Å². The van der Waals surface area contributed by atoms with Crippen molar-refractivity contribution in [2.24, 2.45) is 0 Å². The fourth-order valence-corrected chi connectivity index (χ4v) is 3.92. The van der Waals surface area contributed by atoms with Gasteiger partial charge in [-0.2, -0.15) is 0 Å². The lowest BCUT2D eigenvalue weighted by Gasteiger charge is -2.26. The molecule has 0 aliphatic rings. The molecule has 5 heteroatoms. The van der Waals surface area contributed by atoms with E-state index in [1.807, 2.05) is 39.2 Å². The van der Waals surface area contributed by atoms with E-state index in [0.29, 0.717) is 6.54 Å². The molecular weight excluding hydrogens is 342 g/mol. The molecule has 0 N–H and O–H groups in total. The van der Waals surface area contributed by atoms with Crippen LogP contribution in [-0.2, 0) is 11.3 Å². The second-order valence-corrected chi connectivity index (χ2v) is 7.92. The van der Waals surface area contributed by atoms with Gasteiger partial charge >= 0.3 is 0 Å². The highest BCUT2D eigenvalue weighted by atomic mass is 32.1. The topological polar surface area (TPSA) is 36.4 Å². The third-order valence-corrected chi connectivity index (χ3v) is 5.83. The van der Waals surface area contributed by atoms with Crippen LogP contribution >= 0.6 is 11.3 Å². The minimum absolute atomic E-state index is 0.0346. The molecule has 0 fully saturated rings. The molecular formula is C21H25N3OS. The number of amides is 1. The summed E-state index contributed by atoms with van der Waals surface area (Å²) in [4.78, 5) is 21.2. The Morgan fingerprint density at radius 3 is 2.50 bits per heavy atom. The van der Waals surface area contributed by atoms with Gasteiger partial charge in [-0.25, -0.2) is 4.98 Å². The maximum absolute atomic E-state index is 12.7. The van der Waals surface area contributed by atoms with Crippen molar-refractivity contribution in [3.63, 3.8) is 0 Å². The standard InChI is InChI=1S/C21H25N3OS/c1-15-9-11-17(12-10-15)13-23(3)14-20(25)24(4)16(2)21-22-18-7-5-6-8-19(18)26-21/h5-12,16H,13-14H2,1-4H3/t16-/m1/s1. The van der Waals surface area contributed by atoms with E-state index in [9.17, 15) is 4.79 Å². The summed E-state index contributed by atoms with van der Waals surface area (Å²) in [6, 6.07) is 16.5. The molecule has 26 heavy (non-hydrogen) atoms. The van der Waals surface area contributed by atoms with Gasteiger partial charge in [0.25, 0.3) is 0 Å². The van der Waals surface area contributed by atoms with Gasteiger partial charge in [0.2, 0.25) is 5.91 Å². The van der Waals surface area contributed by atoms with E-state index in [-0.39, 0.29) is 11.9 Å². The minimum Gasteiger partial charge on any atom is -0.335 e. The molecule has 0 aliphatic heterocycles. The van der Waals surface area contributed by atoms with E-state index in [1.165, 1.54) is 11.1 Å². The molecule has 4 nitrogen and oxygen atoms in total. The number of thiazole rings is 1. The summed E-state index contributed by atoms with van der Waals surface area (Å²) >= 11 is 1.66. The average Bonchev–Trinajstić information content (AvgIpc) is 3.06. The summed E-state index contributed by atoms with van der Waals surface area (Å²) in [6.45, 7) is 5.26. The Balaban J connectivity index is 1.61. The van der Waals surface area contributed by atoms with E-state index >= 15 is 0 Å². The molecule has 3 aromatic rings. The number of nitrogens with zero attached hydrogens (tertiary/aromatic N) is 3. The fourth-order valence-electron chi connectivity index (χ4n) is 2.85. The summed E-state index contributed by atoms with van der Waals surface area (Å²) in [5.74, 6) is 0.103. The predicted molar refractivity (Wildman–Crippen MR) is 108 cm³/mol. The number of likely N-dealkylation sites (N-methyl/N-ethyl adjacent to an activating group) is 2. The van der Waals surface area contributed by atoms with Gasteiger partial charge in [0, 0.05) is 13.6 Å². The summed E-state index contributed by atoms with van der Waals surface area (Å²) in [5, 5.41) is 0.975.